The predicted octanol–water partition coefficient (Wildman–Crippen LogP) is 5.12. The summed E-state index contributed by atoms with van der Waals surface area (Å²) in [7, 11) is 3.15. The van der Waals surface area contributed by atoms with Crippen molar-refractivity contribution in [3.63, 3.8) is 0 Å². The second-order valence-corrected chi connectivity index (χ2v) is 8.74. The van der Waals surface area contributed by atoms with Crippen molar-refractivity contribution in [3.05, 3.63) is 68.3 Å². The number of halogens is 2. The maximum atomic E-state index is 13.3. The number of rotatable bonds is 4. The standard InChI is InChI=1S/C23H21BrClNO4/c1-29-20-11-16(24)21(30-2)9-14(20)15-10-22(28)26-18-7-12(8-19(27)23(15)18)13-5-3-4-6-17(13)25/h3-6,9,11-12,15H,7-8,10H2,1-2H3,(H,26,28)/t12-,15-/m1/s1. The molecule has 2 aliphatic rings. The Morgan fingerprint density at radius 3 is 2.43 bits per heavy atom. The smallest absolute Gasteiger partial charge is 0.225 e. The molecule has 2 atom stereocenters. The average molecular weight is 491 g/mol. The minimum atomic E-state index is -0.384. The zero-order valence-corrected chi connectivity index (χ0v) is 19.0. The van der Waals surface area contributed by atoms with E-state index in [0.717, 1.165) is 15.6 Å². The second kappa shape index (κ2) is 8.44. The van der Waals surface area contributed by atoms with E-state index in [1.807, 2.05) is 30.3 Å². The molecule has 7 heteroatoms. The van der Waals surface area contributed by atoms with E-state index in [-0.39, 0.29) is 29.9 Å². The lowest BCUT2D eigenvalue weighted by molar-refractivity contribution is -0.122. The third kappa shape index (κ3) is 3.74. The van der Waals surface area contributed by atoms with Gasteiger partial charge in [-0.1, -0.05) is 29.8 Å². The Balaban J connectivity index is 1.79. The summed E-state index contributed by atoms with van der Waals surface area (Å²) in [6.45, 7) is 0. The van der Waals surface area contributed by atoms with Gasteiger partial charge in [-0.2, -0.15) is 0 Å². The van der Waals surface area contributed by atoms with Crippen LogP contribution < -0.4 is 14.8 Å². The summed E-state index contributed by atoms with van der Waals surface area (Å²) in [5.74, 6) is 0.688. The molecule has 0 bridgehead atoms. The fourth-order valence-electron chi connectivity index (χ4n) is 4.41. The fourth-order valence-corrected chi connectivity index (χ4v) is 5.18. The maximum Gasteiger partial charge on any atom is 0.225 e. The number of carbonyl (C=O) groups excluding carboxylic acids is 2. The summed E-state index contributed by atoms with van der Waals surface area (Å²) in [5.41, 5.74) is 3.03. The first-order chi connectivity index (χ1) is 14.4. The zero-order chi connectivity index (χ0) is 21.4. The Labute approximate surface area is 188 Å². The maximum absolute atomic E-state index is 13.3. The number of hydrogen-bond acceptors (Lipinski definition) is 4. The summed E-state index contributed by atoms with van der Waals surface area (Å²) in [4.78, 5) is 25.9. The van der Waals surface area contributed by atoms with Crippen molar-refractivity contribution in [2.75, 3.05) is 14.2 Å². The first-order valence-corrected chi connectivity index (χ1v) is 10.8. The third-order valence-electron chi connectivity index (χ3n) is 5.76. The van der Waals surface area contributed by atoms with Crippen LogP contribution >= 0.6 is 27.5 Å². The molecule has 1 amide bonds. The van der Waals surface area contributed by atoms with E-state index in [9.17, 15) is 9.59 Å². The Hall–Kier alpha value is -2.31. The number of ether oxygens (including phenoxy) is 2. The van der Waals surface area contributed by atoms with Gasteiger partial charge in [0.05, 0.1) is 18.7 Å². The van der Waals surface area contributed by atoms with Crippen LogP contribution in [0.3, 0.4) is 0 Å². The van der Waals surface area contributed by atoms with E-state index < -0.39 is 0 Å². The van der Waals surface area contributed by atoms with Crippen LogP contribution in [0, 0.1) is 0 Å². The van der Waals surface area contributed by atoms with Gasteiger partial charge in [0.25, 0.3) is 0 Å². The topological polar surface area (TPSA) is 64.6 Å². The normalized spacial score (nSPS) is 21.2. The zero-order valence-electron chi connectivity index (χ0n) is 16.6. The molecular weight excluding hydrogens is 470 g/mol. The number of ketones is 1. The number of methoxy groups -OCH3 is 2. The number of allylic oxidation sites excluding steroid dienone is 2. The first-order valence-electron chi connectivity index (χ1n) is 9.64. The van der Waals surface area contributed by atoms with Crippen LogP contribution in [0.4, 0.5) is 0 Å². The lowest BCUT2D eigenvalue weighted by Crippen LogP contribution is -2.38. The largest absolute Gasteiger partial charge is 0.496 e. The van der Waals surface area contributed by atoms with Crippen molar-refractivity contribution in [2.45, 2.75) is 31.1 Å². The van der Waals surface area contributed by atoms with Gasteiger partial charge >= 0.3 is 0 Å². The van der Waals surface area contributed by atoms with Crippen LogP contribution in [0.15, 0.2) is 52.1 Å². The quantitative estimate of drug-likeness (QED) is 0.646. The molecule has 156 valence electrons. The highest BCUT2D eigenvalue weighted by atomic mass is 79.9. The molecule has 1 aliphatic heterocycles. The Kier molecular flexibility index (Phi) is 5.89. The highest BCUT2D eigenvalue weighted by Gasteiger charge is 2.39. The van der Waals surface area contributed by atoms with Gasteiger partial charge in [0.2, 0.25) is 5.91 Å². The highest BCUT2D eigenvalue weighted by Crippen LogP contribution is 2.47. The first kappa shape index (κ1) is 20.9. The van der Waals surface area contributed by atoms with Crippen LogP contribution in [-0.2, 0) is 9.59 Å². The van der Waals surface area contributed by atoms with Gasteiger partial charge in [-0.15, -0.1) is 0 Å². The number of hydrogen-bond donors (Lipinski definition) is 1. The number of benzene rings is 2. The van der Waals surface area contributed by atoms with Gasteiger partial charge in [0, 0.05) is 40.6 Å². The Morgan fingerprint density at radius 1 is 1.00 bits per heavy atom. The summed E-state index contributed by atoms with van der Waals surface area (Å²) < 4.78 is 11.7. The van der Waals surface area contributed by atoms with Crippen molar-refractivity contribution in [3.8, 4) is 11.5 Å². The van der Waals surface area contributed by atoms with E-state index in [1.54, 1.807) is 20.3 Å². The molecule has 1 heterocycles. The van der Waals surface area contributed by atoms with Gasteiger partial charge < -0.3 is 14.8 Å². The van der Waals surface area contributed by atoms with Crippen LogP contribution in [0.25, 0.3) is 0 Å². The van der Waals surface area contributed by atoms with E-state index in [0.29, 0.717) is 40.6 Å². The summed E-state index contributed by atoms with van der Waals surface area (Å²) in [5, 5.41) is 3.58. The molecule has 0 saturated heterocycles. The molecule has 0 aromatic heterocycles. The summed E-state index contributed by atoms with van der Waals surface area (Å²) in [6, 6.07) is 11.2. The van der Waals surface area contributed by atoms with Gasteiger partial charge in [-0.05, 0) is 52.0 Å². The van der Waals surface area contributed by atoms with Gasteiger partial charge in [0.1, 0.15) is 11.5 Å². The van der Waals surface area contributed by atoms with Crippen molar-refractivity contribution in [1.82, 2.24) is 5.32 Å². The molecule has 5 nitrogen and oxygen atoms in total. The van der Waals surface area contributed by atoms with E-state index in [1.165, 1.54) is 0 Å². The van der Waals surface area contributed by atoms with Crippen LogP contribution in [-0.4, -0.2) is 25.9 Å². The lowest BCUT2D eigenvalue weighted by Gasteiger charge is -2.35. The molecule has 0 unspecified atom stereocenters. The highest BCUT2D eigenvalue weighted by molar-refractivity contribution is 9.10. The van der Waals surface area contributed by atoms with Crippen molar-refractivity contribution in [2.24, 2.45) is 0 Å². The summed E-state index contributed by atoms with van der Waals surface area (Å²) in [6.07, 6.45) is 1.09. The van der Waals surface area contributed by atoms with Gasteiger partial charge in [-0.25, -0.2) is 0 Å². The van der Waals surface area contributed by atoms with Crippen molar-refractivity contribution in [1.29, 1.82) is 0 Å². The molecule has 1 N–H and O–H groups in total. The average Bonchev–Trinajstić information content (AvgIpc) is 2.72. The van der Waals surface area contributed by atoms with Crippen molar-refractivity contribution < 1.29 is 19.1 Å². The number of carbonyl (C=O) groups is 2. The molecule has 0 spiro atoms. The Morgan fingerprint density at radius 2 is 1.73 bits per heavy atom. The van der Waals surface area contributed by atoms with Crippen molar-refractivity contribution >= 4 is 39.2 Å². The SMILES string of the molecule is COc1cc([C@H]2CC(=O)NC3=C2C(=O)C[C@H](c2ccccc2Cl)C3)c(OC)cc1Br. The third-order valence-corrected chi connectivity index (χ3v) is 6.72. The molecule has 0 radical (unpaired) electrons. The fraction of sp³-hybridized carbons (Fsp3) is 0.304. The molecule has 4 rings (SSSR count). The number of Topliss-reactive ketones (excluding diaryl/α,β-unsaturated/α-hetero) is 1. The molecule has 1 aliphatic carbocycles. The van der Waals surface area contributed by atoms with E-state index >= 15 is 0 Å². The van der Waals surface area contributed by atoms with E-state index in [4.69, 9.17) is 21.1 Å². The lowest BCUT2D eigenvalue weighted by atomic mass is 9.73. The molecule has 0 saturated carbocycles. The minimum absolute atomic E-state index is 0.0232. The molecule has 2 aromatic carbocycles. The molecule has 2 aromatic rings. The molecule has 0 fully saturated rings. The van der Waals surface area contributed by atoms with Crippen LogP contribution in [0.5, 0.6) is 11.5 Å². The van der Waals surface area contributed by atoms with Gasteiger partial charge in [0.15, 0.2) is 5.78 Å². The summed E-state index contributed by atoms with van der Waals surface area (Å²) >= 11 is 9.84. The second-order valence-electron chi connectivity index (χ2n) is 7.48. The Bertz CT molecular complexity index is 1070. The molecular formula is C23H21BrClNO4. The van der Waals surface area contributed by atoms with E-state index in [2.05, 4.69) is 21.2 Å². The predicted molar refractivity (Wildman–Crippen MR) is 118 cm³/mol. The minimum Gasteiger partial charge on any atom is -0.496 e. The van der Waals surface area contributed by atoms with Crippen LogP contribution in [0.2, 0.25) is 5.02 Å². The monoisotopic (exact) mass is 489 g/mol. The number of nitrogens with one attached hydrogen (secondary N) is 1. The van der Waals surface area contributed by atoms with Gasteiger partial charge in [-0.3, -0.25) is 9.59 Å². The number of amides is 1. The molecule has 30 heavy (non-hydrogen) atoms. The van der Waals surface area contributed by atoms with Crippen LogP contribution in [0.1, 0.15) is 42.2 Å².